The van der Waals surface area contributed by atoms with Crippen molar-refractivity contribution in [2.45, 2.75) is 29.1 Å². The first-order chi connectivity index (χ1) is 8.06. The standard InChI is InChI=1S/C11H12FN3S2/c1-6(13)8-3-4-10(9(12)5-8)16-11-14-7(2)15-17-11/h3-6H,13H2,1-2H3. The Morgan fingerprint density at radius 3 is 2.76 bits per heavy atom. The second kappa shape index (κ2) is 5.12. The fourth-order valence-corrected chi connectivity index (χ4v) is 2.91. The van der Waals surface area contributed by atoms with Gasteiger partial charge in [0.2, 0.25) is 0 Å². The van der Waals surface area contributed by atoms with Crippen LogP contribution in [-0.4, -0.2) is 9.36 Å². The number of benzene rings is 1. The smallest absolute Gasteiger partial charge is 0.174 e. The molecule has 1 heterocycles. The normalized spacial score (nSPS) is 12.7. The maximum absolute atomic E-state index is 13.8. The molecule has 0 radical (unpaired) electrons. The van der Waals surface area contributed by atoms with Gasteiger partial charge in [0.15, 0.2) is 4.34 Å². The van der Waals surface area contributed by atoms with Crippen LogP contribution >= 0.6 is 23.3 Å². The Bertz CT molecular complexity index is 525. The van der Waals surface area contributed by atoms with E-state index in [9.17, 15) is 4.39 Å². The van der Waals surface area contributed by atoms with Crippen LogP contribution in [0.25, 0.3) is 0 Å². The quantitative estimate of drug-likeness (QED) is 0.930. The van der Waals surface area contributed by atoms with Crippen LogP contribution < -0.4 is 5.73 Å². The third kappa shape index (κ3) is 3.02. The zero-order valence-corrected chi connectivity index (χ0v) is 11.1. The maximum atomic E-state index is 13.8. The summed E-state index contributed by atoms with van der Waals surface area (Å²) in [6, 6.07) is 4.88. The lowest BCUT2D eigenvalue weighted by molar-refractivity contribution is 0.596. The Morgan fingerprint density at radius 1 is 1.47 bits per heavy atom. The number of hydrogen-bond donors (Lipinski definition) is 1. The molecule has 0 spiro atoms. The monoisotopic (exact) mass is 269 g/mol. The highest BCUT2D eigenvalue weighted by Gasteiger charge is 2.10. The number of halogens is 1. The summed E-state index contributed by atoms with van der Waals surface area (Å²) in [6.45, 7) is 3.64. The molecule has 1 aromatic heterocycles. The molecule has 2 N–H and O–H groups in total. The van der Waals surface area contributed by atoms with Gasteiger partial charge in [0.1, 0.15) is 11.6 Å². The van der Waals surface area contributed by atoms with Crippen molar-refractivity contribution >= 4 is 23.3 Å². The Morgan fingerprint density at radius 2 is 2.24 bits per heavy atom. The summed E-state index contributed by atoms with van der Waals surface area (Å²) in [6.07, 6.45) is 0. The number of nitrogens with zero attached hydrogens (tertiary/aromatic N) is 2. The highest BCUT2D eigenvalue weighted by Crippen LogP contribution is 2.31. The Kier molecular flexibility index (Phi) is 3.76. The summed E-state index contributed by atoms with van der Waals surface area (Å²) in [5.41, 5.74) is 6.49. The van der Waals surface area contributed by atoms with E-state index in [1.165, 1.54) is 29.4 Å². The number of aryl methyl sites for hydroxylation is 1. The molecular weight excluding hydrogens is 257 g/mol. The summed E-state index contributed by atoms with van der Waals surface area (Å²) in [7, 11) is 0. The van der Waals surface area contributed by atoms with Gasteiger partial charge in [-0.25, -0.2) is 9.37 Å². The van der Waals surface area contributed by atoms with Crippen molar-refractivity contribution in [2.24, 2.45) is 5.73 Å². The molecule has 0 aliphatic rings. The molecule has 0 amide bonds. The molecule has 0 fully saturated rings. The largest absolute Gasteiger partial charge is 0.324 e. The molecule has 2 aromatic rings. The second-order valence-corrected chi connectivity index (χ2v) is 5.73. The minimum absolute atomic E-state index is 0.160. The van der Waals surface area contributed by atoms with Crippen molar-refractivity contribution in [3.63, 3.8) is 0 Å². The van der Waals surface area contributed by atoms with E-state index in [-0.39, 0.29) is 11.9 Å². The van der Waals surface area contributed by atoms with E-state index in [2.05, 4.69) is 9.36 Å². The van der Waals surface area contributed by atoms with Gasteiger partial charge in [-0.2, -0.15) is 4.37 Å². The summed E-state index contributed by atoms with van der Waals surface area (Å²) >= 11 is 2.56. The Hall–Kier alpha value is -0.980. The van der Waals surface area contributed by atoms with Crippen molar-refractivity contribution in [3.05, 3.63) is 35.4 Å². The molecular formula is C11H12FN3S2. The molecule has 17 heavy (non-hydrogen) atoms. The lowest BCUT2D eigenvalue weighted by Gasteiger charge is -2.07. The number of rotatable bonds is 3. The Balaban J connectivity index is 2.22. The van der Waals surface area contributed by atoms with E-state index in [0.29, 0.717) is 10.7 Å². The van der Waals surface area contributed by atoms with Crippen LogP contribution in [0.3, 0.4) is 0 Å². The van der Waals surface area contributed by atoms with Crippen LogP contribution in [0.2, 0.25) is 0 Å². The molecule has 0 aliphatic carbocycles. The minimum atomic E-state index is -0.266. The summed E-state index contributed by atoms with van der Waals surface area (Å²) in [5, 5.41) is 0. The van der Waals surface area contributed by atoms with Crippen LogP contribution in [0.4, 0.5) is 4.39 Å². The van der Waals surface area contributed by atoms with Gasteiger partial charge in [-0.3, -0.25) is 0 Å². The van der Waals surface area contributed by atoms with E-state index >= 15 is 0 Å². The molecule has 2 rings (SSSR count). The van der Waals surface area contributed by atoms with Gasteiger partial charge in [-0.1, -0.05) is 17.8 Å². The van der Waals surface area contributed by atoms with Crippen LogP contribution in [-0.2, 0) is 0 Å². The third-order valence-corrected chi connectivity index (χ3v) is 4.08. The van der Waals surface area contributed by atoms with Crippen LogP contribution in [0.15, 0.2) is 27.4 Å². The summed E-state index contributed by atoms with van der Waals surface area (Å²) < 4.78 is 18.6. The topological polar surface area (TPSA) is 51.8 Å². The van der Waals surface area contributed by atoms with Crippen LogP contribution in [0.5, 0.6) is 0 Å². The lowest BCUT2D eigenvalue weighted by atomic mass is 10.1. The number of nitrogens with two attached hydrogens (primary N) is 1. The van der Waals surface area contributed by atoms with E-state index in [4.69, 9.17) is 5.73 Å². The fourth-order valence-electron chi connectivity index (χ4n) is 1.30. The summed E-state index contributed by atoms with van der Waals surface area (Å²) in [5.74, 6) is 0.447. The van der Waals surface area contributed by atoms with E-state index in [0.717, 1.165) is 9.90 Å². The molecule has 3 nitrogen and oxygen atoms in total. The Labute approximate surface area is 107 Å². The van der Waals surface area contributed by atoms with Crippen molar-refractivity contribution in [2.75, 3.05) is 0 Å². The van der Waals surface area contributed by atoms with Gasteiger partial charge in [-0.05, 0) is 43.1 Å². The predicted molar refractivity (Wildman–Crippen MR) is 67.8 cm³/mol. The fraction of sp³-hybridized carbons (Fsp3) is 0.273. The molecule has 1 atom stereocenters. The molecule has 6 heteroatoms. The molecule has 1 unspecified atom stereocenters. The molecule has 0 bridgehead atoms. The van der Waals surface area contributed by atoms with Gasteiger partial charge >= 0.3 is 0 Å². The second-order valence-electron chi connectivity index (χ2n) is 3.69. The van der Waals surface area contributed by atoms with Crippen molar-refractivity contribution in [1.82, 2.24) is 9.36 Å². The maximum Gasteiger partial charge on any atom is 0.174 e. The highest BCUT2D eigenvalue weighted by atomic mass is 32.2. The van der Waals surface area contributed by atoms with Crippen LogP contribution in [0.1, 0.15) is 24.4 Å². The number of aromatic nitrogens is 2. The first-order valence-electron chi connectivity index (χ1n) is 5.09. The van der Waals surface area contributed by atoms with E-state index in [1.54, 1.807) is 6.07 Å². The van der Waals surface area contributed by atoms with Gasteiger partial charge in [-0.15, -0.1) is 0 Å². The van der Waals surface area contributed by atoms with Gasteiger partial charge in [0.05, 0.1) is 4.90 Å². The predicted octanol–water partition coefficient (Wildman–Crippen LogP) is 3.16. The third-order valence-electron chi connectivity index (χ3n) is 2.19. The average molecular weight is 269 g/mol. The van der Waals surface area contributed by atoms with Crippen molar-refractivity contribution in [3.8, 4) is 0 Å². The number of hydrogen-bond acceptors (Lipinski definition) is 5. The first-order valence-corrected chi connectivity index (χ1v) is 6.68. The first kappa shape index (κ1) is 12.5. The molecule has 0 aliphatic heterocycles. The van der Waals surface area contributed by atoms with E-state index in [1.807, 2.05) is 19.9 Å². The minimum Gasteiger partial charge on any atom is -0.324 e. The zero-order valence-electron chi connectivity index (χ0n) is 9.48. The molecule has 0 saturated heterocycles. The van der Waals surface area contributed by atoms with Crippen LogP contribution in [0, 0.1) is 12.7 Å². The molecule has 0 saturated carbocycles. The zero-order chi connectivity index (χ0) is 12.4. The lowest BCUT2D eigenvalue weighted by Crippen LogP contribution is -2.05. The summed E-state index contributed by atoms with van der Waals surface area (Å²) in [4.78, 5) is 4.73. The average Bonchev–Trinajstić information content (AvgIpc) is 2.67. The van der Waals surface area contributed by atoms with Gasteiger partial charge < -0.3 is 5.73 Å². The van der Waals surface area contributed by atoms with Crippen molar-refractivity contribution < 1.29 is 4.39 Å². The molecule has 90 valence electrons. The molecule has 1 aromatic carbocycles. The van der Waals surface area contributed by atoms with E-state index < -0.39 is 0 Å². The van der Waals surface area contributed by atoms with Gasteiger partial charge in [0, 0.05) is 6.04 Å². The highest BCUT2D eigenvalue weighted by molar-refractivity contribution is 8.01. The van der Waals surface area contributed by atoms with Crippen molar-refractivity contribution in [1.29, 1.82) is 0 Å². The van der Waals surface area contributed by atoms with Gasteiger partial charge in [0.25, 0.3) is 0 Å². The SMILES string of the molecule is Cc1nsc(Sc2ccc(C(C)N)cc2F)n1.